The number of fused-ring (bicyclic) bond motifs is 1. The lowest BCUT2D eigenvalue weighted by Crippen LogP contribution is -2.34. The number of hydrogen-bond donors (Lipinski definition) is 1. The number of rotatable bonds is 8. The summed E-state index contributed by atoms with van der Waals surface area (Å²) in [6, 6.07) is 26.0. The fourth-order valence-corrected chi connectivity index (χ4v) is 5.49. The third kappa shape index (κ3) is 5.60. The van der Waals surface area contributed by atoms with E-state index in [0.29, 0.717) is 12.5 Å². The molecule has 1 atom stereocenters. The Kier molecular flexibility index (Phi) is 7.14. The van der Waals surface area contributed by atoms with E-state index in [4.69, 9.17) is 4.98 Å². The van der Waals surface area contributed by atoms with Crippen LogP contribution in [0.1, 0.15) is 52.3 Å². The van der Waals surface area contributed by atoms with Gasteiger partial charge in [-0.25, -0.2) is 4.98 Å². The average molecular weight is 503 g/mol. The minimum Gasteiger partial charge on any atom is -0.366 e. The van der Waals surface area contributed by atoms with E-state index in [1.807, 2.05) is 23.0 Å². The molecule has 0 aliphatic carbocycles. The summed E-state index contributed by atoms with van der Waals surface area (Å²) in [7, 11) is 0. The maximum Gasteiger partial charge on any atom is 0.160 e. The number of aryl methyl sites for hydroxylation is 1. The highest BCUT2D eigenvalue weighted by Gasteiger charge is 2.24. The highest BCUT2D eigenvalue weighted by atomic mass is 15.3. The first-order valence-corrected chi connectivity index (χ1v) is 13.5. The van der Waals surface area contributed by atoms with Crippen molar-refractivity contribution in [3.05, 3.63) is 125 Å². The summed E-state index contributed by atoms with van der Waals surface area (Å²) in [5.74, 6) is 1.38. The van der Waals surface area contributed by atoms with Crippen molar-refractivity contribution in [3.63, 3.8) is 0 Å². The van der Waals surface area contributed by atoms with Crippen LogP contribution >= 0.6 is 0 Å². The molecule has 0 bridgehead atoms. The average Bonchev–Trinajstić information content (AvgIpc) is 3.34. The SMILES string of the molecule is Cc1cnn2c(NCc3cccnc3)cc(C3CCCN(Cc4cccc(Cc5ccccc5)c4)C3)nc12. The largest absolute Gasteiger partial charge is 0.366 e. The number of anilines is 1. The van der Waals surface area contributed by atoms with E-state index in [-0.39, 0.29) is 0 Å². The minimum atomic E-state index is 0.398. The molecule has 0 saturated carbocycles. The Balaban J connectivity index is 1.18. The molecule has 5 aromatic rings. The fraction of sp³-hybridized carbons (Fsp3) is 0.281. The summed E-state index contributed by atoms with van der Waals surface area (Å²) >= 11 is 0. The summed E-state index contributed by atoms with van der Waals surface area (Å²) in [5, 5.41) is 8.17. The number of aromatic nitrogens is 4. The summed E-state index contributed by atoms with van der Waals surface area (Å²) in [5.41, 5.74) is 8.43. The van der Waals surface area contributed by atoms with Crippen molar-refractivity contribution >= 4 is 11.5 Å². The summed E-state index contributed by atoms with van der Waals surface area (Å²) in [6.45, 7) is 5.89. The summed E-state index contributed by atoms with van der Waals surface area (Å²) < 4.78 is 1.92. The standard InChI is InChI=1S/C32H34N6/c1-24-19-35-38-31(34-21-28-12-6-14-33-20-28)18-30(36-32(24)38)29-13-7-15-37(23-29)22-27-11-5-10-26(17-27)16-25-8-3-2-4-9-25/h2-6,8-12,14,17-20,29,34H,7,13,15-16,21-23H2,1H3. The van der Waals surface area contributed by atoms with Crippen molar-refractivity contribution < 1.29 is 0 Å². The second-order valence-corrected chi connectivity index (χ2v) is 10.4. The highest BCUT2D eigenvalue weighted by Crippen LogP contribution is 2.29. The third-order valence-electron chi connectivity index (χ3n) is 7.44. The lowest BCUT2D eigenvalue weighted by atomic mass is 9.93. The number of nitrogens with one attached hydrogen (secondary N) is 1. The van der Waals surface area contributed by atoms with Crippen LogP contribution in [0, 0.1) is 6.92 Å². The number of hydrogen-bond acceptors (Lipinski definition) is 5. The predicted molar refractivity (Wildman–Crippen MR) is 152 cm³/mol. The van der Waals surface area contributed by atoms with Gasteiger partial charge in [-0.3, -0.25) is 9.88 Å². The van der Waals surface area contributed by atoms with Gasteiger partial charge >= 0.3 is 0 Å². The van der Waals surface area contributed by atoms with E-state index in [1.165, 1.54) is 23.1 Å². The highest BCUT2D eigenvalue weighted by molar-refractivity contribution is 5.54. The fourth-order valence-electron chi connectivity index (χ4n) is 5.49. The third-order valence-corrected chi connectivity index (χ3v) is 7.44. The molecule has 1 saturated heterocycles. The van der Waals surface area contributed by atoms with Gasteiger partial charge in [0, 0.05) is 49.6 Å². The molecule has 3 aromatic heterocycles. The van der Waals surface area contributed by atoms with Gasteiger partial charge in [0.15, 0.2) is 5.65 Å². The molecular weight excluding hydrogens is 468 g/mol. The molecular formula is C32H34N6. The minimum absolute atomic E-state index is 0.398. The van der Waals surface area contributed by atoms with Gasteiger partial charge < -0.3 is 5.32 Å². The van der Waals surface area contributed by atoms with E-state index < -0.39 is 0 Å². The number of benzene rings is 2. The first kappa shape index (κ1) is 24.3. The van der Waals surface area contributed by atoms with Crippen LogP contribution in [0.25, 0.3) is 5.65 Å². The van der Waals surface area contributed by atoms with Gasteiger partial charge in [0.1, 0.15) is 5.82 Å². The molecule has 1 aliphatic rings. The maximum atomic E-state index is 5.10. The van der Waals surface area contributed by atoms with Crippen LogP contribution in [0.5, 0.6) is 0 Å². The lowest BCUT2D eigenvalue weighted by Gasteiger charge is -2.32. The van der Waals surface area contributed by atoms with Gasteiger partial charge in [-0.1, -0.05) is 60.7 Å². The molecule has 1 fully saturated rings. The Morgan fingerprint density at radius 2 is 1.74 bits per heavy atom. The first-order valence-electron chi connectivity index (χ1n) is 13.5. The van der Waals surface area contributed by atoms with E-state index >= 15 is 0 Å². The van der Waals surface area contributed by atoms with Crippen LogP contribution in [0.15, 0.2) is 91.4 Å². The number of pyridine rings is 1. The first-order chi connectivity index (χ1) is 18.7. The Morgan fingerprint density at radius 1 is 0.895 bits per heavy atom. The molecule has 1 N–H and O–H groups in total. The molecule has 4 heterocycles. The van der Waals surface area contributed by atoms with Gasteiger partial charge in [0.2, 0.25) is 0 Å². The number of nitrogens with zero attached hydrogens (tertiary/aromatic N) is 5. The molecule has 0 radical (unpaired) electrons. The van der Waals surface area contributed by atoms with Crippen LogP contribution in [0.3, 0.4) is 0 Å². The zero-order valence-corrected chi connectivity index (χ0v) is 21.9. The number of likely N-dealkylation sites (tertiary alicyclic amines) is 1. The molecule has 1 aliphatic heterocycles. The van der Waals surface area contributed by atoms with Crippen molar-refractivity contribution in [1.29, 1.82) is 0 Å². The molecule has 0 spiro atoms. The Bertz CT molecular complexity index is 1490. The molecule has 1 unspecified atom stereocenters. The van der Waals surface area contributed by atoms with Gasteiger partial charge in [-0.15, -0.1) is 0 Å². The number of piperidine rings is 1. The molecule has 2 aromatic carbocycles. The molecule has 0 amide bonds. The Labute approximate surface area is 224 Å². The maximum absolute atomic E-state index is 5.10. The van der Waals surface area contributed by atoms with Crippen LogP contribution in [-0.2, 0) is 19.5 Å². The van der Waals surface area contributed by atoms with Crippen LogP contribution in [0.4, 0.5) is 5.82 Å². The normalized spacial score (nSPS) is 16.1. The van der Waals surface area contributed by atoms with Crippen molar-refractivity contribution in [2.24, 2.45) is 0 Å². The van der Waals surface area contributed by atoms with Crippen LogP contribution < -0.4 is 5.32 Å². The second-order valence-electron chi connectivity index (χ2n) is 10.4. The van der Waals surface area contributed by atoms with Crippen molar-refractivity contribution in [3.8, 4) is 0 Å². The molecule has 6 heteroatoms. The van der Waals surface area contributed by atoms with E-state index in [0.717, 1.165) is 60.8 Å². The zero-order valence-electron chi connectivity index (χ0n) is 21.9. The summed E-state index contributed by atoms with van der Waals surface area (Å²) in [4.78, 5) is 11.9. The van der Waals surface area contributed by atoms with Crippen LogP contribution in [0.2, 0.25) is 0 Å². The van der Waals surface area contributed by atoms with Gasteiger partial charge in [0.25, 0.3) is 0 Å². The monoisotopic (exact) mass is 502 g/mol. The predicted octanol–water partition coefficient (Wildman–Crippen LogP) is 6.02. The quantitative estimate of drug-likeness (QED) is 0.281. The van der Waals surface area contributed by atoms with Gasteiger partial charge in [-0.2, -0.15) is 9.61 Å². The smallest absolute Gasteiger partial charge is 0.160 e. The summed E-state index contributed by atoms with van der Waals surface area (Å²) in [6.07, 6.45) is 8.91. The zero-order chi connectivity index (χ0) is 25.7. The molecule has 192 valence electrons. The molecule has 38 heavy (non-hydrogen) atoms. The van der Waals surface area contributed by atoms with E-state index in [2.05, 4.69) is 94.0 Å². The van der Waals surface area contributed by atoms with Gasteiger partial charge in [-0.05, 0) is 61.1 Å². The van der Waals surface area contributed by atoms with E-state index in [1.54, 1.807) is 6.20 Å². The van der Waals surface area contributed by atoms with E-state index in [9.17, 15) is 0 Å². The van der Waals surface area contributed by atoms with Crippen molar-refractivity contribution in [2.75, 3.05) is 18.4 Å². The van der Waals surface area contributed by atoms with Crippen molar-refractivity contribution in [1.82, 2.24) is 24.5 Å². The molecule has 6 rings (SSSR count). The van der Waals surface area contributed by atoms with Crippen LogP contribution in [-0.4, -0.2) is 37.6 Å². The lowest BCUT2D eigenvalue weighted by molar-refractivity contribution is 0.198. The topological polar surface area (TPSA) is 58.4 Å². The molecule has 6 nitrogen and oxygen atoms in total. The Morgan fingerprint density at radius 3 is 2.61 bits per heavy atom. The van der Waals surface area contributed by atoms with Gasteiger partial charge in [0.05, 0.1) is 11.9 Å². The Hall–Kier alpha value is -4.03. The van der Waals surface area contributed by atoms with Crippen molar-refractivity contribution in [2.45, 2.75) is 45.2 Å². The second kappa shape index (κ2) is 11.2.